The molecule has 1 aromatic rings. The number of hydrogen-bond donors (Lipinski definition) is 1. The number of carboxylic acids is 1. The maximum atomic E-state index is 12.3. The van der Waals surface area contributed by atoms with Gasteiger partial charge in [-0.05, 0) is 25.5 Å². The van der Waals surface area contributed by atoms with Gasteiger partial charge in [0.2, 0.25) is 0 Å². The van der Waals surface area contributed by atoms with Gasteiger partial charge >= 0.3 is 5.97 Å². The van der Waals surface area contributed by atoms with Crippen molar-refractivity contribution in [3.63, 3.8) is 0 Å². The van der Waals surface area contributed by atoms with E-state index in [2.05, 4.69) is 0 Å². The maximum Gasteiger partial charge on any atom is 0.345 e. The lowest BCUT2D eigenvalue weighted by Crippen LogP contribution is -2.51. The van der Waals surface area contributed by atoms with Crippen molar-refractivity contribution in [2.45, 2.75) is 25.9 Å². The number of nitrogens with zero attached hydrogens (tertiary/aromatic N) is 1. The minimum atomic E-state index is -0.996. The molecule has 2 heterocycles. The molecule has 5 nitrogen and oxygen atoms in total. The van der Waals surface area contributed by atoms with Crippen LogP contribution < -0.4 is 0 Å². The molecule has 1 aliphatic rings. The molecule has 1 saturated heterocycles. The highest BCUT2D eigenvalue weighted by molar-refractivity contribution is 7.15. The van der Waals surface area contributed by atoms with Crippen LogP contribution in [0.15, 0.2) is 12.1 Å². The van der Waals surface area contributed by atoms with Crippen LogP contribution in [0.1, 0.15) is 39.6 Å². The highest BCUT2D eigenvalue weighted by atomic mass is 32.1. The Balaban J connectivity index is 2.12. The Bertz CT molecular complexity index is 499. The number of thiophene rings is 1. The number of carboxylic acid groups (broad SMARTS) is 1. The van der Waals surface area contributed by atoms with Gasteiger partial charge in [-0.2, -0.15) is 0 Å². The van der Waals surface area contributed by atoms with E-state index in [1.54, 1.807) is 11.0 Å². The second kappa shape index (κ2) is 5.30. The summed E-state index contributed by atoms with van der Waals surface area (Å²) in [5.41, 5.74) is -0.305. The van der Waals surface area contributed by atoms with E-state index in [0.29, 0.717) is 24.6 Å². The number of ether oxygens (including phenoxy) is 1. The van der Waals surface area contributed by atoms with Crippen molar-refractivity contribution < 1.29 is 19.4 Å². The highest BCUT2D eigenvalue weighted by Crippen LogP contribution is 2.24. The Hall–Kier alpha value is -1.40. The number of hydrogen-bond acceptors (Lipinski definition) is 4. The van der Waals surface area contributed by atoms with Gasteiger partial charge in [-0.3, -0.25) is 4.79 Å². The van der Waals surface area contributed by atoms with Gasteiger partial charge in [-0.15, -0.1) is 11.3 Å². The first-order valence-corrected chi connectivity index (χ1v) is 7.03. The SMILES string of the molecule is CCC1(C)CN(C(=O)c2ccc(C(=O)O)s2)CCO1. The van der Waals surface area contributed by atoms with Crippen molar-refractivity contribution in [2.24, 2.45) is 0 Å². The van der Waals surface area contributed by atoms with Gasteiger partial charge in [0.25, 0.3) is 5.91 Å². The lowest BCUT2D eigenvalue weighted by Gasteiger charge is -2.39. The summed E-state index contributed by atoms with van der Waals surface area (Å²) >= 11 is 1.02. The molecule has 19 heavy (non-hydrogen) atoms. The van der Waals surface area contributed by atoms with Crippen molar-refractivity contribution in [3.8, 4) is 0 Å². The first-order valence-electron chi connectivity index (χ1n) is 6.21. The lowest BCUT2D eigenvalue weighted by atomic mass is 10.0. The molecular formula is C13H17NO4S. The summed E-state index contributed by atoms with van der Waals surface area (Å²) in [5.74, 6) is -1.11. The van der Waals surface area contributed by atoms with Gasteiger partial charge in [-0.1, -0.05) is 6.92 Å². The first kappa shape index (κ1) is 14.0. The zero-order valence-corrected chi connectivity index (χ0v) is 11.8. The first-order chi connectivity index (χ1) is 8.95. The second-order valence-electron chi connectivity index (χ2n) is 4.85. The molecule has 1 N–H and O–H groups in total. The highest BCUT2D eigenvalue weighted by Gasteiger charge is 2.33. The van der Waals surface area contributed by atoms with Gasteiger partial charge in [0, 0.05) is 13.1 Å². The lowest BCUT2D eigenvalue weighted by molar-refractivity contribution is -0.0896. The van der Waals surface area contributed by atoms with E-state index in [1.165, 1.54) is 6.07 Å². The predicted molar refractivity (Wildman–Crippen MR) is 71.8 cm³/mol. The summed E-state index contributed by atoms with van der Waals surface area (Å²) in [7, 11) is 0. The molecule has 1 fully saturated rings. The van der Waals surface area contributed by atoms with Crippen LogP contribution in [0.4, 0.5) is 0 Å². The van der Waals surface area contributed by atoms with Crippen LogP contribution in [0.2, 0.25) is 0 Å². The van der Waals surface area contributed by atoms with Crippen molar-refractivity contribution >= 4 is 23.2 Å². The minimum Gasteiger partial charge on any atom is -0.477 e. The van der Waals surface area contributed by atoms with Crippen LogP contribution in [0, 0.1) is 0 Å². The molecule has 1 aromatic heterocycles. The molecule has 1 unspecified atom stereocenters. The Morgan fingerprint density at radius 1 is 1.47 bits per heavy atom. The smallest absolute Gasteiger partial charge is 0.345 e. The summed E-state index contributed by atoms with van der Waals surface area (Å²) in [4.78, 5) is 25.6. The van der Waals surface area contributed by atoms with E-state index in [1.807, 2.05) is 13.8 Å². The summed E-state index contributed by atoms with van der Waals surface area (Å²) in [6, 6.07) is 3.05. The van der Waals surface area contributed by atoms with Gasteiger partial charge in [-0.25, -0.2) is 4.79 Å². The number of morpholine rings is 1. The Morgan fingerprint density at radius 3 is 2.74 bits per heavy atom. The molecule has 1 amide bonds. The third-order valence-corrected chi connectivity index (χ3v) is 4.46. The Kier molecular flexibility index (Phi) is 3.91. The van der Waals surface area contributed by atoms with Crippen LogP contribution in [0.5, 0.6) is 0 Å². The van der Waals surface area contributed by atoms with Crippen LogP contribution in [0.25, 0.3) is 0 Å². The van der Waals surface area contributed by atoms with E-state index in [9.17, 15) is 9.59 Å². The van der Waals surface area contributed by atoms with Crippen molar-refractivity contribution in [2.75, 3.05) is 19.7 Å². The molecular weight excluding hydrogens is 266 g/mol. The van der Waals surface area contributed by atoms with E-state index >= 15 is 0 Å². The summed E-state index contributed by atoms with van der Waals surface area (Å²) < 4.78 is 5.69. The monoisotopic (exact) mass is 283 g/mol. The molecule has 0 radical (unpaired) electrons. The average Bonchev–Trinajstić information content (AvgIpc) is 2.87. The molecule has 2 rings (SSSR count). The van der Waals surface area contributed by atoms with Crippen molar-refractivity contribution in [3.05, 3.63) is 21.9 Å². The third-order valence-electron chi connectivity index (χ3n) is 3.40. The van der Waals surface area contributed by atoms with Crippen molar-refractivity contribution in [1.29, 1.82) is 0 Å². The number of carbonyl (C=O) groups excluding carboxylic acids is 1. The summed E-state index contributed by atoms with van der Waals surface area (Å²) in [5, 5.41) is 8.88. The fourth-order valence-corrected chi connectivity index (χ4v) is 2.85. The van der Waals surface area contributed by atoms with Crippen LogP contribution in [-0.2, 0) is 4.74 Å². The second-order valence-corrected chi connectivity index (χ2v) is 5.93. The fourth-order valence-electron chi connectivity index (χ4n) is 2.04. The molecule has 6 heteroatoms. The zero-order chi connectivity index (χ0) is 14.0. The molecule has 1 atom stereocenters. The average molecular weight is 283 g/mol. The number of carbonyl (C=O) groups is 2. The standard InChI is InChI=1S/C13H17NO4S/c1-3-13(2)8-14(6-7-18-13)11(15)9-4-5-10(19-9)12(16)17/h4-5H,3,6-8H2,1-2H3,(H,16,17). The fraction of sp³-hybridized carbons (Fsp3) is 0.538. The molecule has 0 aromatic carbocycles. The van der Waals surface area contributed by atoms with Crippen LogP contribution in [-0.4, -0.2) is 47.2 Å². The predicted octanol–water partition coefficient (Wildman–Crippen LogP) is 2.09. The van der Waals surface area contributed by atoms with Crippen molar-refractivity contribution in [1.82, 2.24) is 4.90 Å². The van der Waals surface area contributed by atoms with E-state index < -0.39 is 5.97 Å². The van der Waals surface area contributed by atoms with Crippen LogP contribution in [0.3, 0.4) is 0 Å². The molecule has 0 spiro atoms. The number of amides is 1. The van der Waals surface area contributed by atoms with Gasteiger partial charge < -0.3 is 14.7 Å². The normalized spacial score (nSPS) is 23.4. The largest absolute Gasteiger partial charge is 0.477 e. The number of rotatable bonds is 3. The summed E-state index contributed by atoms with van der Waals surface area (Å²) in [6.07, 6.45) is 0.835. The van der Waals surface area contributed by atoms with E-state index in [-0.39, 0.29) is 16.4 Å². The Morgan fingerprint density at radius 2 is 2.16 bits per heavy atom. The topological polar surface area (TPSA) is 66.8 Å². The molecule has 0 saturated carbocycles. The van der Waals surface area contributed by atoms with Crippen LogP contribution >= 0.6 is 11.3 Å². The molecule has 1 aliphatic heterocycles. The maximum absolute atomic E-state index is 12.3. The Labute approximate surface area is 115 Å². The summed E-state index contributed by atoms with van der Waals surface area (Å²) in [6.45, 7) is 5.63. The molecule has 0 bridgehead atoms. The van der Waals surface area contributed by atoms with E-state index in [4.69, 9.17) is 9.84 Å². The zero-order valence-electron chi connectivity index (χ0n) is 11.0. The minimum absolute atomic E-state index is 0.111. The number of aromatic carboxylic acids is 1. The molecule has 0 aliphatic carbocycles. The quantitative estimate of drug-likeness (QED) is 0.922. The van der Waals surface area contributed by atoms with Gasteiger partial charge in [0.05, 0.1) is 17.1 Å². The van der Waals surface area contributed by atoms with Gasteiger partial charge in [0.1, 0.15) is 4.88 Å². The molecule has 104 valence electrons. The third kappa shape index (κ3) is 2.96. The van der Waals surface area contributed by atoms with E-state index in [0.717, 1.165) is 17.8 Å². The van der Waals surface area contributed by atoms with Gasteiger partial charge in [0.15, 0.2) is 0 Å².